The third-order valence-corrected chi connectivity index (χ3v) is 1.22. The van der Waals surface area contributed by atoms with Gasteiger partial charge < -0.3 is 16.0 Å². The van der Waals surface area contributed by atoms with E-state index in [-0.39, 0.29) is 12.5 Å². The van der Waals surface area contributed by atoms with Crippen LogP contribution < -0.4 is 16.0 Å². The fourth-order valence-corrected chi connectivity index (χ4v) is 0.608. The highest BCUT2D eigenvalue weighted by Crippen LogP contribution is 1.66. The van der Waals surface area contributed by atoms with E-state index in [1.54, 1.807) is 0 Å². The smallest absolute Gasteiger partial charge is 0.309 e. The maximum atomic E-state index is 10.8. The number of hydrogen-bond donors (Lipinski definition) is 3. The Labute approximate surface area is 76.1 Å². The van der Waals surface area contributed by atoms with Gasteiger partial charge in [-0.05, 0) is 0 Å². The molecule has 0 bridgehead atoms. The second kappa shape index (κ2) is 5.99. The summed E-state index contributed by atoms with van der Waals surface area (Å²) in [4.78, 5) is 31.8. The van der Waals surface area contributed by atoms with Crippen molar-refractivity contribution < 1.29 is 14.4 Å². The highest BCUT2D eigenvalue weighted by Gasteiger charge is 2.08. The van der Waals surface area contributed by atoms with Crippen molar-refractivity contribution in [2.45, 2.75) is 6.92 Å². The molecule has 0 unspecified atom stereocenters. The van der Waals surface area contributed by atoms with Crippen LogP contribution in [0.25, 0.3) is 0 Å². The van der Waals surface area contributed by atoms with Gasteiger partial charge in [0.1, 0.15) is 0 Å². The molecule has 74 valence electrons. The van der Waals surface area contributed by atoms with E-state index in [4.69, 9.17) is 0 Å². The van der Waals surface area contributed by atoms with Gasteiger partial charge in [0.2, 0.25) is 5.91 Å². The van der Waals surface area contributed by atoms with E-state index in [9.17, 15) is 14.4 Å². The molecule has 3 amide bonds. The van der Waals surface area contributed by atoms with Gasteiger partial charge in [0, 0.05) is 27.1 Å². The number of likely N-dealkylation sites (N-methyl/N-ethyl adjacent to an activating group) is 1. The summed E-state index contributed by atoms with van der Waals surface area (Å²) in [6.45, 7) is 1.93. The van der Waals surface area contributed by atoms with E-state index in [2.05, 4.69) is 16.0 Å². The lowest BCUT2D eigenvalue weighted by molar-refractivity contribution is -0.138. The largest absolute Gasteiger partial charge is 0.355 e. The Bertz CT molecular complexity index is 215. The summed E-state index contributed by atoms with van der Waals surface area (Å²) in [7, 11) is 1.37. The van der Waals surface area contributed by atoms with Gasteiger partial charge in [0.15, 0.2) is 0 Å². The van der Waals surface area contributed by atoms with Gasteiger partial charge in [-0.1, -0.05) is 0 Å². The first-order valence-corrected chi connectivity index (χ1v) is 3.82. The summed E-state index contributed by atoms with van der Waals surface area (Å²) in [6, 6.07) is 0. The predicted molar refractivity (Wildman–Crippen MR) is 45.8 cm³/mol. The Morgan fingerprint density at radius 1 is 1.00 bits per heavy atom. The van der Waals surface area contributed by atoms with Crippen LogP contribution in [0.4, 0.5) is 0 Å². The molecule has 0 spiro atoms. The molecule has 0 aliphatic carbocycles. The minimum atomic E-state index is -0.701. The summed E-state index contributed by atoms with van der Waals surface area (Å²) in [5.41, 5.74) is 0. The van der Waals surface area contributed by atoms with Crippen LogP contribution in [-0.2, 0) is 14.4 Å². The molecule has 3 N–H and O–H groups in total. The lowest BCUT2D eigenvalue weighted by atomic mass is 10.5. The van der Waals surface area contributed by atoms with E-state index < -0.39 is 11.8 Å². The molecule has 13 heavy (non-hydrogen) atoms. The molecule has 0 aromatic heterocycles. The summed E-state index contributed by atoms with van der Waals surface area (Å²) >= 11 is 0. The molecule has 0 fully saturated rings. The average molecular weight is 187 g/mol. The van der Waals surface area contributed by atoms with Gasteiger partial charge in [0.05, 0.1) is 0 Å². The van der Waals surface area contributed by atoms with Crippen molar-refractivity contribution in [2.24, 2.45) is 0 Å². The molecule has 6 nitrogen and oxygen atoms in total. The van der Waals surface area contributed by atoms with Crippen LogP contribution in [-0.4, -0.2) is 37.9 Å². The molecule has 0 saturated carbocycles. The van der Waals surface area contributed by atoms with Crippen molar-refractivity contribution in [3.8, 4) is 0 Å². The van der Waals surface area contributed by atoms with Crippen molar-refractivity contribution in [1.82, 2.24) is 16.0 Å². The Morgan fingerprint density at radius 2 is 1.54 bits per heavy atom. The molecule has 0 rings (SSSR count). The van der Waals surface area contributed by atoms with Crippen LogP contribution in [0.1, 0.15) is 6.92 Å². The molecular weight excluding hydrogens is 174 g/mol. The quantitative estimate of drug-likeness (QED) is 0.352. The van der Waals surface area contributed by atoms with Gasteiger partial charge in [-0.3, -0.25) is 14.4 Å². The summed E-state index contributed by atoms with van der Waals surface area (Å²) in [5.74, 6) is -1.56. The molecule has 0 radical (unpaired) electrons. The molecule has 0 heterocycles. The Kier molecular flexibility index (Phi) is 5.25. The van der Waals surface area contributed by atoms with Crippen LogP contribution in [0.15, 0.2) is 0 Å². The van der Waals surface area contributed by atoms with E-state index in [1.807, 2.05) is 0 Å². The third kappa shape index (κ3) is 5.66. The first-order valence-electron chi connectivity index (χ1n) is 3.82. The number of rotatable bonds is 3. The van der Waals surface area contributed by atoms with Gasteiger partial charge in [-0.25, -0.2) is 0 Å². The minimum Gasteiger partial charge on any atom is -0.355 e. The predicted octanol–water partition coefficient (Wildman–Crippen LogP) is -2.02. The number of hydrogen-bond acceptors (Lipinski definition) is 3. The Hall–Kier alpha value is -1.59. The molecule has 0 aliphatic heterocycles. The van der Waals surface area contributed by atoms with Gasteiger partial charge in [-0.15, -0.1) is 0 Å². The van der Waals surface area contributed by atoms with E-state index in [1.165, 1.54) is 14.0 Å². The highest BCUT2D eigenvalue weighted by molar-refractivity contribution is 6.34. The normalized spacial score (nSPS) is 8.77. The van der Waals surface area contributed by atoms with Crippen LogP contribution in [0.5, 0.6) is 0 Å². The van der Waals surface area contributed by atoms with E-state index in [0.717, 1.165) is 0 Å². The van der Waals surface area contributed by atoms with E-state index in [0.29, 0.717) is 6.54 Å². The molecule has 0 aliphatic rings. The Morgan fingerprint density at radius 3 is 2.00 bits per heavy atom. The van der Waals surface area contributed by atoms with Crippen molar-refractivity contribution in [3.05, 3.63) is 0 Å². The van der Waals surface area contributed by atoms with Crippen molar-refractivity contribution >= 4 is 17.7 Å². The SMILES string of the molecule is CNC(=O)C(=O)NCCNC(C)=O. The fraction of sp³-hybridized carbons (Fsp3) is 0.571. The van der Waals surface area contributed by atoms with Crippen LogP contribution in [0.2, 0.25) is 0 Å². The maximum absolute atomic E-state index is 10.8. The highest BCUT2D eigenvalue weighted by atomic mass is 16.2. The average Bonchev–Trinajstić information content (AvgIpc) is 2.10. The Balaban J connectivity index is 3.48. The van der Waals surface area contributed by atoms with Crippen molar-refractivity contribution in [2.75, 3.05) is 20.1 Å². The maximum Gasteiger partial charge on any atom is 0.309 e. The lowest BCUT2D eigenvalue weighted by Gasteiger charge is -2.03. The summed E-state index contributed by atoms with van der Waals surface area (Å²) in [6.07, 6.45) is 0. The molecule has 0 atom stereocenters. The second-order valence-corrected chi connectivity index (χ2v) is 2.32. The lowest BCUT2D eigenvalue weighted by Crippen LogP contribution is -2.41. The number of nitrogens with one attached hydrogen (secondary N) is 3. The summed E-state index contributed by atoms with van der Waals surface area (Å²) in [5, 5.41) is 6.97. The number of carbonyl (C=O) groups excluding carboxylic acids is 3. The monoisotopic (exact) mass is 187 g/mol. The van der Waals surface area contributed by atoms with Gasteiger partial charge in [-0.2, -0.15) is 0 Å². The molecule has 0 aromatic rings. The third-order valence-electron chi connectivity index (χ3n) is 1.22. The van der Waals surface area contributed by atoms with Gasteiger partial charge in [0.25, 0.3) is 0 Å². The number of carbonyl (C=O) groups is 3. The summed E-state index contributed by atoms with van der Waals surface area (Å²) < 4.78 is 0. The minimum absolute atomic E-state index is 0.172. The van der Waals surface area contributed by atoms with Crippen LogP contribution >= 0.6 is 0 Å². The first kappa shape index (κ1) is 11.4. The van der Waals surface area contributed by atoms with Crippen LogP contribution in [0.3, 0.4) is 0 Å². The number of amides is 3. The first-order chi connectivity index (χ1) is 6.07. The van der Waals surface area contributed by atoms with Gasteiger partial charge >= 0.3 is 11.8 Å². The molecular formula is C7H13N3O3. The van der Waals surface area contributed by atoms with E-state index >= 15 is 0 Å². The molecule has 0 saturated heterocycles. The molecule has 6 heteroatoms. The van der Waals surface area contributed by atoms with Crippen molar-refractivity contribution in [1.29, 1.82) is 0 Å². The zero-order chi connectivity index (χ0) is 10.3. The zero-order valence-corrected chi connectivity index (χ0v) is 7.64. The van der Waals surface area contributed by atoms with Crippen molar-refractivity contribution in [3.63, 3.8) is 0 Å². The topological polar surface area (TPSA) is 87.3 Å². The molecule has 0 aromatic carbocycles. The zero-order valence-electron chi connectivity index (χ0n) is 7.64. The fourth-order valence-electron chi connectivity index (χ4n) is 0.608. The standard InChI is InChI=1S/C7H13N3O3/c1-5(11)9-3-4-10-7(13)6(12)8-2/h3-4H2,1-2H3,(H,8,12)(H,9,11)(H,10,13). The second-order valence-electron chi connectivity index (χ2n) is 2.32. The van der Waals surface area contributed by atoms with Crippen LogP contribution in [0, 0.1) is 0 Å².